The van der Waals surface area contributed by atoms with Crippen molar-refractivity contribution in [1.82, 2.24) is 0 Å². The Balaban J connectivity index is 3.86. The third-order valence-corrected chi connectivity index (χ3v) is 5.48. The van der Waals surface area contributed by atoms with Gasteiger partial charge in [-0.2, -0.15) is 0 Å². The fraction of sp³-hybridized carbons (Fsp3) is 0.800. The van der Waals surface area contributed by atoms with Crippen LogP contribution in [0.1, 0.15) is 84.0 Å². The number of rotatable bonds is 18. The Kier molecular flexibility index (Phi) is 16.7. The maximum Gasteiger partial charge on any atom is 0.313 e. The number of aliphatic hydroxyl groups excluding tert-OH is 1. The predicted molar refractivity (Wildman–Crippen MR) is 108 cm³/mol. The molecule has 0 saturated carbocycles. The lowest BCUT2D eigenvalue weighted by atomic mass is 10.1. The van der Waals surface area contributed by atoms with Gasteiger partial charge in [-0.15, -0.1) is 11.8 Å². The SMILES string of the molecule is CCCCCCCCCCCCC=CC(SCC(=O)O)C(O)CC(=O)O. The van der Waals surface area contributed by atoms with Gasteiger partial charge in [-0.1, -0.05) is 76.9 Å². The van der Waals surface area contributed by atoms with Crippen LogP contribution < -0.4 is 0 Å². The Labute approximate surface area is 162 Å². The summed E-state index contributed by atoms with van der Waals surface area (Å²) in [6, 6.07) is 0. The normalized spacial score (nSPS) is 13.8. The van der Waals surface area contributed by atoms with E-state index in [1.807, 2.05) is 6.08 Å². The smallest absolute Gasteiger partial charge is 0.313 e. The second-order valence-electron chi connectivity index (χ2n) is 6.73. The van der Waals surface area contributed by atoms with Crippen LogP contribution in [0, 0.1) is 0 Å². The van der Waals surface area contributed by atoms with Crippen molar-refractivity contribution >= 4 is 23.7 Å². The van der Waals surface area contributed by atoms with E-state index in [0.29, 0.717) is 0 Å². The summed E-state index contributed by atoms with van der Waals surface area (Å²) in [5.74, 6) is -2.20. The number of carbonyl (C=O) groups is 2. The number of allylic oxidation sites excluding steroid dienone is 1. The van der Waals surface area contributed by atoms with E-state index in [-0.39, 0.29) is 12.2 Å². The summed E-state index contributed by atoms with van der Waals surface area (Å²) in [6.45, 7) is 2.23. The lowest BCUT2D eigenvalue weighted by Crippen LogP contribution is -2.25. The van der Waals surface area contributed by atoms with Gasteiger partial charge in [0, 0.05) is 5.25 Å². The number of unbranched alkanes of at least 4 members (excludes halogenated alkanes) is 10. The van der Waals surface area contributed by atoms with Crippen LogP contribution in [-0.2, 0) is 9.59 Å². The lowest BCUT2D eigenvalue weighted by Gasteiger charge is -2.17. The Morgan fingerprint density at radius 3 is 1.92 bits per heavy atom. The van der Waals surface area contributed by atoms with E-state index in [1.54, 1.807) is 6.08 Å². The van der Waals surface area contributed by atoms with Gasteiger partial charge in [0.05, 0.1) is 18.3 Å². The first-order valence-electron chi connectivity index (χ1n) is 9.87. The maximum absolute atomic E-state index is 10.7. The first-order chi connectivity index (χ1) is 12.5. The summed E-state index contributed by atoms with van der Waals surface area (Å²) in [5.41, 5.74) is 0. The third kappa shape index (κ3) is 16.5. The van der Waals surface area contributed by atoms with Crippen molar-refractivity contribution in [3.05, 3.63) is 12.2 Å². The van der Waals surface area contributed by atoms with Crippen LogP contribution in [0.3, 0.4) is 0 Å². The molecule has 3 N–H and O–H groups in total. The van der Waals surface area contributed by atoms with Crippen LogP contribution in [-0.4, -0.2) is 44.4 Å². The van der Waals surface area contributed by atoms with E-state index in [1.165, 1.54) is 57.8 Å². The van der Waals surface area contributed by atoms with Crippen molar-refractivity contribution in [2.45, 2.75) is 95.3 Å². The molecule has 26 heavy (non-hydrogen) atoms. The molecule has 0 aliphatic carbocycles. The molecule has 0 spiro atoms. The second-order valence-corrected chi connectivity index (χ2v) is 7.90. The van der Waals surface area contributed by atoms with Gasteiger partial charge in [-0.25, -0.2) is 0 Å². The fourth-order valence-corrected chi connectivity index (χ4v) is 3.61. The monoisotopic (exact) mass is 388 g/mol. The molecule has 6 heteroatoms. The van der Waals surface area contributed by atoms with Gasteiger partial charge >= 0.3 is 11.9 Å². The third-order valence-electron chi connectivity index (χ3n) is 4.21. The first kappa shape index (κ1) is 25.0. The van der Waals surface area contributed by atoms with Crippen molar-refractivity contribution in [2.24, 2.45) is 0 Å². The van der Waals surface area contributed by atoms with Gasteiger partial charge in [-0.05, 0) is 12.8 Å². The standard InChI is InChI=1S/C20H36O5S/c1-2-3-4-5-6-7-8-9-10-11-12-13-14-18(26-16-20(24)25)17(21)15-19(22)23/h13-14,17-18,21H,2-12,15-16H2,1H3,(H,22,23)(H,24,25). The molecule has 0 aliphatic heterocycles. The number of aliphatic carboxylic acids is 2. The highest BCUT2D eigenvalue weighted by molar-refractivity contribution is 8.00. The van der Waals surface area contributed by atoms with Crippen molar-refractivity contribution in [1.29, 1.82) is 0 Å². The van der Waals surface area contributed by atoms with E-state index in [2.05, 4.69) is 6.92 Å². The molecule has 0 fully saturated rings. The van der Waals surface area contributed by atoms with E-state index in [0.717, 1.165) is 24.6 Å². The Hall–Kier alpha value is -1.01. The molecule has 152 valence electrons. The van der Waals surface area contributed by atoms with E-state index < -0.39 is 23.3 Å². The molecule has 0 aromatic carbocycles. The molecule has 0 amide bonds. The molecule has 0 aliphatic rings. The van der Waals surface area contributed by atoms with Gasteiger partial charge in [0.25, 0.3) is 0 Å². The van der Waals surface area contributed by atoms with Gasteiger partial charge in [0.1, 0.15) is 0 Å². The summed E-state index contributed by atoms with van der Waals surface area (Å²) in [6.07, 6.45) is 15.9. The number of hydrogen-bond acceptors (Lipinski definition) is 4. The van der Waals surface area contributed by atoms with Crippen molar-refractivity contribution in [3.8, 4) is 0 Å². The molecule has 0 aromatic heterocycles. The molecule has 0 aromatic rings. The number of carboxylic acids is 2. The highest BCUT2D eigenvalue weighted by Gasteiger charge is 2.20. The van der Waals surface area contributed by atoms with Gasteiger partial charge in [0.2, 0.25) is 0 Å². The van der Waals surface area contributed by atoms with Crippen LogP contribution in [0.15, 0.2) is 12.2 Å². The molecule has 2 atom stereocenters. The zero-order chi connectivity index (χ0) is 19.6. The Morgan fingerprint density at radius 2 is 1.42 bits per heavy atom. The Morgan fingerprint density at radius 1 is 0.885 bits per heavy atom. The summed E-state index contributed by atoms with van der Waals surface area (Å²) in [4.78, 5) is 21.4. The van der Waals surface area contributed by atoms with E-state index >= 15 is 0 Å². The predicted octanol–water partition coefficient (Wildman–Crippen LogP) is 4.88. The van der Waals surface area contributed by atoms with Crippen LogP contribution in [0.4, 0.5) is 0 Å². The fourth-order valence-electron chi connectivity index (χ4n) is 2.74. The summed E-state index contributed by atoms with van der Waals surface area (Å²) < 4.78 is 0. The maximum atomic E-state index is 10.7. The second kappa shape index (κ2) is 17.4. The molecule has 0 bridgehead atoms. The number of aliphatic hydroxyl groups is 1. The number of hydrogen-bond donors (Lipinski definition) is 3. The van der Waals surface area contributed by atoms with Crippen molar-refractivity contribution in [2.75, 3.05) is 5.75 Å². The number of carboxylic acid groups (broad SMARTS) is 2. The highest BCUT2D eigenvalue weighted by Crippen LogP contribution is 2.19. The van der Waals surface area contributed by atoms with Gasteiger partial charge in [-0.3, -0.25) is 9.59 Å². The molecular weight excluding hydrogens is 352 g/mol. The molecule has 2 unspecified atom stereocenters. The van der Waals surface area contributed by atoms with Crippen molar-refractivity contribution < 1.29 is 24.9 Å². The molecule has 5 nitrogen and oxygen atoms in total. The summed E-state index contributed by atoms with van der Waals surface area (Å²) in [5, 5.41) is 27.0. The Bertz CT molecular complexity index is 398. The largest absolute Gasteiger partial charge is 0.481 e. The summed E-state index contributed by atoms with van der Waals surface area (Å²) >= 11 is 1.06. The molecule has 0 heterocycles. The molecule has 0 rings (SSSR count). The minimum Gasteiger partial charge on any atom is -0.481 e. The van der Waals surface area contributed by atoms with Gasteiger partial charge < -0.3 is 15.3 Å². The molecule has 0 saturated heterocycles. The minimum absolute atomic E-state index is 0.149. The molecule has 0 radical (unpaired) electrons. The average Bonchev–Trinajstić information content (AvgIpc) is 2.57. The van der Waals surface area contributed by atoms with Gasteiger partial charge in [0.15, 0.2) is 0 Å². The van der Waals surface area contributed by atoms with Crippen LogP contribution in [0.2, 0.25) is 0 Å². The van der Waals surface area contributed by atoms with E-state index in [4.69, 9.17) is 10.2 Å². The zero-order valence-corrected chi connectivity index (χ0v) is 16.9. The highest BCUT2D eigenvalue weighted by atomic mass is 32.2. The summed E-state index contributed by atoms with van der Waals surface area (Å²) in [7, 11) is 0. The van der Waals surface area contributed by atoms with Crippen LogP contribution >= 0.6 is 11.8 Å². The van der Waals surface area contributed by atoms with Crippen LogP contribution in [0.5, 0.6) is 0 Å². The van der Waals surface area contributed by atoms with Crippen molar-refractivity contribution in [3.63, 3.8) is 0 Å². The first-order valence-corrected chi connectivity index (χ1v) is 10.9. The number of thioether (sulfide) groups is 1. The quantitative estimate of drug-likeness (QED) is 0.229. The molecular formula is C20H36O5S. The zero-order valence-electron chi connectivity index (χ0n) is 16.1. The van der Waals surface area contributed by atoms with E-state index in [9.17, 15) is 14.7 Å². The topological polar surface area (TPSA) is 94.8 Å². The lowest BCUT2D eigenvalue weighted by molar-refractivity contribution is -0.139. The van der Waals surface area contributed by atoms with Crippen LogP contribution in [0.25, 0.3) is 0 Å². The minimum atomic E-state index is -1.08. The average molecular weight is 389 g/mol.